The molecule has 0 saturated carbocycles. The highest BCUT2D eigenvalue weighted by atomic mass is 35.5. The molecule has 0 bridgehead atoms. The second kappa shape index (κ2) is 10.7. The molecule has 0 aliphatic carbocycles. The minimum Gasteiger partial charge on any atom is -0.492 e. The number of likely N-dealkylation sites (tertiary alicyclic amines) is 1. The van der Waals surface area contributed by atoms with Crippen LogP contribution < -0.4 is 4.74 Å². The van der Waals surface area contributed by atoms with Crippen LogP contribution in [0.2, 0.25) is 5.02 Å². The highest BCUT2D eigenvalue weighted by molar-refractivity contribution is 6.30. The summed E-state index contributed by atoms with van der Waals surface area (Å²) in [5, 5.41) is 22.1. The third-order valence-electron chi connectivity index (χ3n) is 6.59. The predicted molar refractivity (Wildman–Crippen MR) is 133 cm³/mol. The molecule has 2 N–H and O–H groups in total. The predicted octanol–water partition coefficient (Wildman–Crippen LogP) is 4.96. The molecule has 1 aliphatic rings. The lowest BCUT2D eigenvalue weighted by molar-refractivity contribution is 0.0810. The minimum absolute atomic E-state index is 0.208. The van der Waals surface area contributed by atoms with Crippen LogP contribution in [-0.4, -0.2) is 47.5 Å². The van der Waals surface area contributed by atoms with Gasteiger partial charge in [-0.3, -0.25) is 4.90 Å². The Morgan fingerprint density at radius 2 is 1.61 bits per heavy atom. The molecule has 2 atom stereocenters. The zero-order valence-corrected chi connectivity index (χ0v) is 19.8. The van der Waals surface area contributed by atoms with E-state index in [2.05, 4.69) is 4.90 Å². The van der Waals surface area contributed by atoms with E-state index in [1.807, 2.05) is 79.7 Å². The summed E-state index contributed by atoms with van der Waals surface area (Å²) in [6.45, 7) is 4.64. The highest BCUT2D eigenvalue weighted by Gasteiger charge is 2.32. The Kier molecular flexibility index (Phi) is 7.71. The third kappa shape index (κ3) is 5.77. The monoisotopic (exact) mass is 465 g/mol. The Hall–Kier alpha value is -2.37. The van der Waals surface area contributed by atoms with Gasteiger partial charge in [-0.1, -0.05) is 65.7 Å². The van der Waals surface area contributed by atoms with Crippen molar-refractivity contribution in [2.75, 3.05) is 26.3 Å². The van der Waals surface area contributed by atoms with Crippen LogP contribution in [0.25, 0.3) is 0 Å². The number of aliphatic hydroxyl groups is 2. The first kappa shape index (κ1) is 23.8. The Labute approximate surface area is 201 Å². The number of ether oxygens (including phenoxy) is 1. The number of hydrogen-bond donors (Lipinski definition) is 2. The van der Waals surface area contributed by atoms with Gasteiger partial charge in [-0.05, 0) is 67.3 Å². The molecule has 5 heteroatoms. The van der Waals surface area contributed by atoms with Crippen LogP contribution in [0, 0.1) is 6.92 Å². The zero-order chi connectivity index (χ0) is 23.3. The van der Waals surface area contributed by atoms with Gasteiger partial charge in [-0.2, -0.15) is 0 Å². The molecule has 4 nitrogen and oxygen atoms in total. The van der Waals surface area contributed by atoms with Gasteiger partial charge >= 0.3 is 0 Å². The van der Waals surface area contributed by atoms with Gasteiger partial charge < -0.3 is 14.9 Å². The lowest BCUT2D eigenvalue weighted by Crippen LogP contribution is -2.35. The summed E-state index contributed by atoms with van der Waals surface area (Å²) in [4.78, 5) is 2.29. The number of halogens is 1. The fourth-order valence-electron chi connectivity index (χ4n) is 4.60. The summed E-state index contributed by atoms with van der Waals surface area (Å²) >= 11 is 6.06. The largest absolute Gasteiger partial charge is 0.492 e. The smallest absolute Gasteiger partial charge is 0.119 e. The number of hydrogen-bond acceptors (Lipinski definition) is 4. The van der Waals surface area contributed by atoms with E-state index in [0.717, 1.165) is 53.9 Å². The molecule has 4 rings (SSSR count). The van der Waals surface area contributed by atoms with Crippen molar-refractivity contribution in [1.82, 2.24) is 4.90 Å². The molecule has 0 radical (unpaired) electrons. The van der Waals surface area contributed by atoms with Crippen molar-refractivity contribution in [3.05, 3.63) is 100 Å². The Morgan fingerprint density at radius 3 is 2.24 bits per heavy atom. The van der Waals surface area contributed by atoms with Crippen LogP contribution in [0.15, 0.2) is 72.8 Å². The van der Waals surface area contributed by atoms with Crippen LogP contribution in [0.4, 0.5) is 0 Å². The van der Waals surface area contributed by atoms with Gasteiger partial charge in [-0.25, -0.2) is 0 Å². The van der Waals surface area contributed by atoms with Gasteiger partial charge in [0.2, 0.25) is 0 Å². The second-order valence-corrected chi connectivity index (χ2v) is 9.35. The van der Waals surface area contributed by atoms with Gasteiger partial charge in [0.25, 0.3) is 0 Å². The third-order valence-corrected chi connectivity index (χ3v) is 6.84. The van der Waals surface area contributed by atoms with Crippen molar-refractivity contribution in [3.8, 4) is 5.75 Å². The first-order valence-corrected chi connectivity index (χ1v) is 12.0. The molecule has 0 spiro atoms. The molecule has 0 amide bonds. The maximum absolute atomic E-state index is 11.9. The number of nitrogens with zero attached hydrogens (tertiary/aromatic N) is 1. The van der Waals surface area contributed by atoms with Gasteiger partial charge in [-0.15, -0.1) is 0 Å². The van der Waals surface area contributed by atoms with Crippen molar-refractivity contribution >= 4 is 11.6 Å². The Morgan fingerprint density at radius 1 is 0.970 bits per heavy atom. The van der Waals surface area contributed by atoms with E-state index in [1.54, 1.807) is 0 Å². The van der Waals surface area contributed by atoms with Crippen LogP contribution in [0.1, 0.15) is 35.1 Å². The van der Waals surface area contributed by atoms with Crippen LogP contribution in [0.5, 0.6) is 5.75 Å². The Bertz CT molecular complexity index is 1020. The van der Waals surface area contributed by atoms with E-state index >= 15 is 0 Å². The molecule has 3 aromatic rings. The average molecular weight is 466 g/mol. The van der Waals surface area contributed by atoms with E-state index < -0.39 is 5.60 Å². The molecular formula is C28H32ClNO3. The summed E-state index contributed by atoms with van der Waals surface area (Å²) in [7, 11) is 0. The molecule has 0 aromatic heterocycles. The topological polar surface area (TPSA) is 52.9 Å². The number of aryl methyl sites for hydroxylation is 1. The molecule has 1 saturated heterocycles. The molecule has 1 unspecified atom stereocenters. The standard InChI is InChI=1S/C28H32ClNO3/c1-21-4-8-23(9-5-21)28(32,19-22-6-12-25(29)13-7-22)24-10-14-27(15-11-24)33-18-17-30-16-2-3-26(30)20-31/h4-15,26,31-32H,2-3,16-20H2,1H3/t26-,28?/m0/s1. The van der Waals surface area contributed by atoms with Crippen molar-refractivity contribution in [3.63, 3.8) is 0 Å². The quantitative estimate of drug-likeness (QED) is 0.469. The van der Waals surface area contributed by atoms with E-state index in [-0.39, 0.29) is 12.6 Å². The van der Waals surface area contributed by atoms with Crippen LogP contribution >= 0.6 is 11.6 Å². The molecular weight excluding hydrogens is 434 g/mol. The first-order chi connectivity index (χ1) is 16.0. The summed E-state index contributed by atoms with van der Waals surface area (Å²) in [5.74, 6) is 0.774. The lowest BCUT2D eigenvalue weighted by Gasteiger charge is -2.30. The fraction of sp³-hybridized carbons (Fsp3) is 0.357. The SMILES string of the molecule is Cc1ccc(C(O)(Cc2ccc(Cl)cc2)c2ccc(OCCN3CCC[C@H]3CO)cc2)cc1. The Balaban J connectivity index is 1.50. The zero-order valence-electron chi connectivity index (χ0n) is 19.1. The van der Waals surface area contributed by atoms with E-state index in [1.165, 1.54) is 0 Å². The van der Waals surface area contributed by atoms with Gasteiger partial charge in [0.05, 0.1) is 6.61 Å². The fourth-order valence-corrected chi connectivity index (χ4v) is 4.73. The number of aliphatic hydroxyl groups excluding tert-OH is 1. The van der Waals surface area contributed by atoms with Gasteiger partial charge in [0, 0.05) is 24.0 Å². The molecule has 1 aliphatic heterocycles. The maximum atomic E-state index is 11.9. The normalized spacial score (nSPS) is 18.2. The van der Waals surface area contributed by atoms with E-state index in [0.29, 0.717) is 18.1 Å². The molecule has 33 heavy (non-hydrogen) atoms. The van der Waals surface area contributed by atoms with Crippen LogP contribution in [-0.2, 0) is 12.0 Å². The van der Waals surface area contributed by atoms with E-state index in [4.69, 9.17) is 16.3 Å². The summed E-state index contributed by atoms with van der Waals surface area (Å²) in [6, 6.07) is 23.6. The number of rotatable bonds is 9. The van der Waals surface area contributed by atoms with Crippen LogP contribution in [0.3, 0.4) is 0 Å². The van der Waals surface area contributed by atoms with Gasteiger partial charge in [0.1, 0.15) is 18.0 Å². The van der Waals surface area contributed by atoms with Crippen molar-refractivity contribution in [2.24, 2.45) is 0 Å². The van der Waals surface area contributed by atoms with Crippen molar-refractivity contribution in [1.29, 1.82) is 0 Å². The maximum Gasteiger partial charge on any atom is 0.119 e. The molecule has 174 valence electrons. The van der Waals surface area contributed by atoms with Crippen molar-refractivity contribution < 1.29 is 14.9 Å². The molecule has 1 heterocycles. The number of benzene rings is 3. The summed E-state index contributed by atoms with van der Waals surface area (Å²) < 4.78 is 5.96. The minimum atomic E-state index is -1.18. The average Bonchev–Trinajstić information content (AvgIpc) is 3.29. The van der Waals surface area contributed by atoms with Crippen molar-refractivity contribution in [2.45, 2.75) is 37.8 Å². The summed E-state index contributed by atoms with van der Waals surface area (Å²) in [5.41, 5.74) is 2.64. The van der Waals surface area contributed by atoms with Gasteiger partial charge in [0.15, 0.2) is 0 Å². The second-order valence-electron chi connectivity index (χ2n) is 8.92. The van der Waals surface area contributed by atoms with E-state index in [9.17, 15) is 10.2 Å². The molecule has 1 fully saturated rings. The highest BCUT2D eigenvalue weighted by Crippen LogP contribution is 2.35. The lowest BCUT2D eigenvalue weighted by atomic mass is 9.81. The molecule has 3 aromatic carbocycles. The first-order valence-electron chi connectivity index (χ1n) is 11.6. The summed E-state index contributed by atoms with van der Waals surface area (Å²) in [6.07, 6.45) is 2.62.